The molecule has 0 aromatic carbocycles. The fourth-order valence-electron chi connectivity index (χ4n) is 4.22. The van der Waals surface area contributed by atoms with E-state index in [1.807, 2.05) is 13.8 Å². The Labute approximate surface area is 240 Å². The molecule has 2 heterocycles. The van der Waals surface area contributed by atoms with Gasteiger partial charge in [0.2, 0.25) is 6.79 Å². The summed E-state index contributed by atoms with van der Waals surface area (Å²) in [5.74, 6) is -2.22. The molecule has 1 saturated carbocycles. The molecule has 2 aliphatic rings. The standard InChI is InChI=1S/C29H42N2O10/c1-16(2)14-37-22-9-7-8-20(29(35)40-18(5)24(22)41-28(34)19-10-11-19)31-26(32)23-25(21(36-6)12-13-30-23)38-15-39-27(33)17(3)4/h12-13,16-20,22,24H,7-11,14-15H2,1-6H3,(H,31,32)/t18-,20-,22-,24-/m0/s1. The van der Waals surface area contributed by atoms with Crippen molar-refractivity contribution >= 4 is 23.8 Å². The SMILES string of the molecule is COc1ccnc(C(=O)N[C@H]2CCC[C@H](OCC(C)C)[C@@H](OC(=O)C3CC3)[C@H](C)OC2=O)c1OCOC(=O)C(C)C. The molecule has 12 heteroatoms. The normalized spacial score (nSPS) is 23.1. The molecule has 1 aliphatic carbocycles. The number of pyridine rings is 1. The monoisotopic (exact) mass is 578 g/mol. The number of carbonyl (C=O) groups is 4. The summed E-state index contributed by atoms with van der Waals surface area (Å²) in [5, 5.41) is 2.69. The number of carbonyl (C=O) groups excluding carboxylic acids is 4. The first-order chi connectivity index (χ1) is 19.5. The topological polar surface area (TPSA) is 149 Å². The highest BCUT2D eigenvalue weighted by molar-refractivity contribution is 5.98. The predicted octanol–water partition coefficient (Wildman–Crippen LogP) is 3.20. The fraction of sp³-hybridized carbons (Fsp3) is 0.690. The van der Waals surface area contributed by atoms with Gasteiger partial charge in [-0.3, -0.25) is 14.4 Å². The van der Waals surface area contributed by atoms with Crippen LogP contribution in [0.2, 0.25) is 0 Å². The molecule has 0 radical (unpaired) electrons. The van der Waals surface area contributed by atoms with E-state index in [1.54, 1.807) is 20.8 Å². The quantitative estimate of drug-likeness (QED) is 0.221. The lowest BCUT2D eigenvalue weighted by Crippen LogP contribution is -2.46. The molecule has 1 amide bonds. The van der Waals surface area contributed by atoms with Crippen LogP contribution in [-0.4, -0.2) is 73.7 Å². The summed E-state index contributed by atoms with van der Waals surface area (Å²) in [6.07, 6.45) is 2.14. The van der Waals surface area contributed by atoms with Crippen LogP contribution < -0.4 is 14.8 Å². The first kappa shape index (κ1) is 32.1. The molecule has 12 nitrogen and oxygen atoms in total. The minimum Gasteiger partial charge on any atom is -0.493 e. The van der Waals surface area contributed by atoms with E-state index in [4.69, 9.17) is 28.4 Å². The molecule has 0 spiro atoms. The third-order valence-electron chi connectivity index (χ3n) is 6.69. The molecule has 1 aromatic rings. The second-order valence-corrected chi connectivity index (χ2v) is 11.1. The van der Waals surface area contributed by atoms with Gasteiger partial charge >= 0.3 is 17.9 Å². The molecule has 2 fully saturated rings. The van der Waals surface area contributed by atoms with Crippen LogP contribution in [0.5, 0.6) is 11.5 Å². The lowest BCUT2D eigenvalue weighted by Gasteiger charge is -2.31. The van der Waals surface area contributed by atoms with Gasteiger partial charge in [0.1, 0.15) is 12.1 Å². The second kappa shape index (κ2) is 15.0. The first-order valence-electron chi connectivity index (χ1n) is 14.2. The average Bonchev–Trinajstić information content (AvgIpc) is 3.77. The molecule has 1 aliphatic heterocycles. The molecule has 0 bridgehead atoms. The summed E-state index contributed by atoms with van der Waals surface area (Å²) in [6, 6.07) is 0.486. The summed E-state index contributed by atoms with van der Waals surface area (Å²) < 4.78 is 33.6. The number of rotatable bonds is 12. The van der Waals surface area contributed by atoms with Crippen LogP contribution >= 0.6 is 0 Å². The van der Waals surface area contributed by atoms with Crippen LogP contribution in [0.1, 0.15) is 77.2 Å². The highest BCUT2D eigenvalue weighted by Crippen LogP contribution is 2.33. The van der Waals surface area contributed by atoms with Crippen molar-refractivity contribution in [1.82, 2.24) is 10.3 Å². The largest absolute Gasteiger partial charge is 0.493 e. The van der Waals surface area contributed by atoms with E-state index < -0.39 is 49.0 Å². The van der Waals surface area contributed by atoms with Gasteiger partial charge in [0, 0.05) is 18.9 Å². The Morgan fingerprint density at radius 3 is 2.49 bits per heavy atom. The Morgan fingerprint density at radius 1 is 1.12 bits per heavy atom. The minimum absolute atomic E-state index is 0.0388. The van der Waals surface area contributed by atoms with Gasteiger partial charge in [0.25, 0.3) is 5.91 Å². The summed E-state index contributed by atoms with van der Waals surface area (Å²) in [4.78, 5) is 55.0. The van der Waals surface area contributed by atoms with Crippen LogP contribution in [-0.2, 0) is 33.3 Å². The summed E-state index contributed by atoms with van der Waals surface area (Å²) in [6.45, 7) is 9.07. The van der Waals surface area contributed by atoms with E-state index in [1.165, 1.54) is 19.4 Å². The number of ether oxygens (including phenoxy) is 6. The summed E-state index contributed by atoms with van der Waals surface area (Å²) in [5.41, 5.74) is -0.153. The number of esters is 3. The molecule has 1 saturated heterocycles. The van der Waals surface area contributed by atoms with Gasteiger partial charge in [0.05, 0.1) is 25.0 Å². The van der Waals surface area contributed by atoms with Crippen LogP contribution in [0.4, 0.5) is 0 Å². The molecule has 3 rings (SSSR count). The maximum atomic E-state index is 13.3. The second-order valence-electron chi connectivity index (χ2n) is 11.1. The third kappa shape index (κ3) is 9.31. The molecule has 41 heavy (non-hydrogen) atoms. The molecule has 4 atom stereocenters. The zero-order valence-corrected chi connectivity index (χ0v) is 24.7. The smallest absolute Gasteiger partial charge is 0.329 e. The van der Waals surface area contributed by atoms with Crippen LogP contribution in [0.25, 0.3) is 0 Å². The fourth-order valence-corrected chi connectivity index (χ4v) is 4.22. The maximum absolute atomic E-state index is 13.3. The molecular formula is C29H42N2O10. The van der Waals surface area contributed by atoms with Gasteiger partial charge < -0.3 is 33.7 Å². The number of aromatic nitrogens is 1. The third-order valence-corrected chi connectivity index (χ3v) is 6.69. The molecule has 1 N–H and O–H groups in total. The van der Waals surface area contributed by atoms with Crippen LogP contribution in [0, 0.1) is 17.8 Å². The Bertz CT molecular complexity index is 1070. The Balaban J connectivity index is 1.75. The number of cyclic esters (lactones) is 1. The Morgan fingerprint density at radius 2 is 1.85 bits per heavy atom. The van der Waals surface area contributed by atoms with Gasteiger partial charge in [-0.05, 0) is 44.9 Å². The van der Waals surface area contributed by atoms with Crippen molar-refractivity contribution in [2.75, 3.05) is 20.5 Å². The van der Waals surface area contributed by atoms with Gasteiger partial charge in [-0.2, -0.15) is 0 Å². The highest BCUT2D eigenvalue weighted by atomic mass is 16.7. The number of methoxy groups -OCH3 is 1. The van der Waals surface area contributed by atoms with Crippen molar-refractivity contribution in [2.45, 2.75) is 91.1 Å². The van der Waals surface area contributed by atoms with E-state index in [-0.39, 0.29) is 47.3 Å². The highest BCUT2D eigenvalue weighted by Gasteiger charge is 2.40. The number of amides is 1. The van der Waals surface area contributed by atoms with Crippen molar-refractivity contribution < 1.29 is 47.6 Å². The Kier molecular flexibility index (Phi) is 11.7. The zero-order valence-electron chi connectivity index (χ0n) is 24.7. The minimum atomic E-state index is -1.01. The summed E-state index contributed by atoms with van der Waals surface area (Å²) in [7, 11) is 1.39. The Hall–Kier alpha value is -3.41. The van der Waals surface area contributed by atoms with E-state index in [0.717, 1.165) is 12.8 Å². The van der Waals surface area contributed by atoms with E-state index in [0.29, 0.717) is 19.4 Å². The lowest BCUT2D eigenvalue weighted by molar-refractivity contribution is -0.181. The van der Waals surface area contributed by atoms with Gasteiger partial charge in [0.15, 0.2) is 23.3 Å². The van der Waals surface area contributed by atoms with Crippen molar-refractivity contribution in [3.8, 4) is 11.5 Å². The summed E-state index contributed by atoms with van der Waals surface area (Å²) >= 11 is 0. The van der Waals surface area contributed by atoms with Gasteiger partial charge in [-0.15, -0.1) is 0 Å². The molecular weight excluding hydrogens is 536 g/mol. The molecule has 0 unspecified atom stereocenters. The van der Waals surface area contributed by atoms with E-state index >= 15 is 0 Å². The lowest BCUT2D eigenvalue weighted by atomic mass is 10.0. The van der Waals surface area contributed by atoms with E-state index in [9.17, 15) is 19.2 Å². The first-order valence-corrected chi connectivity index (χ1v) is 14.2. The number of hydrogen-bond donors (Lipinski definition) is 1. The van der Waals surface area contributed by atoms with Crippen molar-refractivity contribution in [3.05, 3.63) is 18.0 Å². The van der Waals surface area contributed by atoms with E-state index in [2.05, 4.69) is 10.3 Å². The van der Waals surface area contributed by atoms with Crippen LogP contribution in [0.15, 0.2) is 12.3 Å². The predicted molar refractivity (Wildman–Crippen MR) is 145 cm³/mol. The maximum Gasteiger partial charge on any atom is 0.329 e. The number of nitrogens with zero attached hydrogens (tertiary/aromatic N) is 1. The van der Waals surface area contributed by atoms with Crippen LogP contribution in [0.3, 0.4) is 0 Å². The number of hydrogen-bond acceptors (Lipinski definition) is 11. The average molecular weight is 579 g/mol. The van der Waals surface area contributed by atoms with Gasteiger partial charge in [-0.1, -0.05) is 27.7 Å². The van der Waals surface area contributed by atoms with Crippen molar-refractivity contribution in [1.29, 1.82) is 0 Å². The zero-order chi connectivity index (χ0) is 30.1. The van der Waals surface area contributed by atoms with Gasteiger partial charge in [-0.25, -0.2) is 9.78 Å². The number of nitrogens with one attached hydrogen (secondary N) is 1. The van der Waals surface area contributed by atoms with Crippen molar-refractivity contribution in [2.24, 2.45) is 17.8 Å². The van der Waals surface area contributed by atoms with Crippen molar-refractivity contribution in [3.63, 3.8) is 0 Å². The molecule has 228 valence electrons. The molecule has 1 aromatic heterocycles.